The van der Waals surface area contributed by atoms with Gasteiger partial charge in [-0.3, -0.25) is 9.48 Å². The Bertz CT molecular complexity index is 1150. The van der Waals surface area contributed by atoms with Gasteiger partial charge in [0, 0.05) is 18.3 Å². The van der Waals surface area contributed by atoms with Crippen molar-refractivity contribution in [3.05, 3.63) is 96.2 Å². The lowest BCUT2D eigenvalue weighted by Crippen LogP contribution is -2.09. The van der Waals surface area contributed by atoms with Gasteiger partial charge >= 0.3 is 0 Å². The van der Waals surface area contributed by atoms with Crippen molar-refractivity contribution in [1.82, 2.24) is 9.78 Å². The van der Waals surface area contributed by atoms with Crippen molar-refractivity contribution in [3.63, 3.8) is 0 Å². The molecule has 0 bridgehead atoms. The standard InChI is InChI=1S/C24H21N3O2/c1-29-21-12-9-18(10-13-21)11-14-24(28)25-23-15-16-27(26-23)17-20-7-4-6-19-5-2-3-8-22(19)20/h2-16H,17H2,1H3,(H,25,26,28)/b14-11+. The van der Waals surface area contributed by atoms with Gasteiger partial charge in [-0.25, -0.2) is 0 Å². The summed E-state index contributed by atoms with van der Waals surface area (Å²) in [5.41, 5.74) is 2.10. The van der Waals surface area contributed by atoms with Gasteiger partial charge in [0.15, 0.2) is 5.82 Å². The first kappa shape index (κ1) is 18.5. The van der Waals surface area contributed by atoms with E-state index in [1.807, 2.05) is 53.3 Å². The third-order valence-corrected chi connectivity index (χ3v) is 4.65. The molecule has 29 heavy (non-hydrogen) atoms. The van der Waals surface area contributed by atoms with Crippen molar-refractivity contribution in [2.75, 3.05) is 12.4 Å². The molecule has 3 aromatic carbocycles. The van der Waals surface area contributed by atoms with E-state index in [0.717, 1.165) is 11.3 Å². The number of hydrogen-bond acceptors (Lipinski definition) is 3. The number of nitrogens with zero attached hydrogens (tertiary/aromatic N) is 2. The average Bonchev–Trinajstić information content (AvgIpc) is 3.19. The number of carbonyl (C=O) groups is 1. The fourth-order valence-electron chi connectivity index (χ4n) is 3.18. The van der Waals surface area contributed by atoms with Crippen LogP contribution < -0.4 is 10.1 Å². The molecule has 144 valence electrons. The molecule has 0 radical (unpaired) electrons. The van der Waals surface area contributed by atoms with Crippen LogP contribution in [0.5, 0.6) is 5.75 Å². The summed E-state index contributed by atoms with van der Waals surface area (Å²) >= 11 is 0. The van der Waals surface area contributed by atoms with Gasteiger partial charge in [-0.05, 0) is 40.1 Å². The Morgan fingerprint density at radius 1 is 1.03 bits per heavy atom. The van der Waals surface area contributed by atoms with Gasteiger partial charge < -0.3 is 10.1 Å². The maximum absolute atomic E-state index is 12.2. The summed E-state index contributed by atoms with van der Waals surface area (Å²) in [5, 5.41) is 9.67. The van der Waals surface area contributed by atoms with Crippen LogP contribution in [0, 0.1) is 0 Å². The summed E-state index contributed by atoms with van der Waals surface area (Å²) < 4.78 is 6.95. The summed E-state index contributed by atoms with van der Waals surface area (Å²) in [4.78, 5) is 12.2. The summed E-state index contributed by atoms with van der Waals surface area (Å²) in [6.07, 6.45) is 5.11. The lowest BCUT2D eigenvalue weighted by molar-refractivity contribution is -0.111. The fraction of sp³-hybridized carbons (Fsp3) is 0.0833. The Labute approximate surface area is 169 Å². The Morgan fingerprint density at radius 2 is 1.83 bits per heavy atom. The number of nitrogens with one attached hydrogen (secondary N) is 1. The molecule has 5 heteroatoms. The number of aromatic nitrogens is 2. The van der Waals surface area contributed by atoms with Crippen molar-refractivity contribution in [1.29, 1.82) is 0 Å². The monoisotopic (exact) mass is 383 g/mol. The highest BCUT2D eigenvalue weighted by Gasteiger charge is 2.05. The number of amides is 1. The molecule has 0 aliphatic carbocycles. The second-order valence-corrected chi connectivity index (χ2v) is 6.63. The molecule has 0 atom stereocenters. The van der Waals surface area contributed by atoms with Crippen LogP contribution in [0.1, 0.15) is 11.1 Å². The van der Waals surface area contributed by atoms with E-state index < -0.39 is 0 Å². The van der Waals surface area contributed by atoms with E-state index in [4.69, 9.17) is 4.74 Å². The Morgan fingerprint density at radius 3 is 2.66 bits per heavy atom. The summed E-state index contributed by atoms with van der Waals surface area (Å²) in [7, 11) is 1.62. The van der Waals surface area contributed by atoms with E-state index in [9.17, 15) is 4.79 Å². The smallest absolute Gasteiger partial charge is 0.249 e. The highest BCUT2D eigenvalue weighted by molar-refractivity contribution is 6.01. The third kappa shape index (κ3) is 4.52. The number of benzene rings is 3. The van der Waals surface area contributed by atoms with E-state index in [1.54, 1.807) is 19.3 Å². The summed E-state index contributed by atoms with van der Waals surface area (Å²) in [6, 6.07) is 23.8. The maximum Gasteiger partial charge on any atom is 0.249 e. The van der Waals surface area contributed by atoms with Crippen LogP contribution in [0.4, 0.5) is 5.82 Å². The second kappa shape index (κ2) is 8.44. The Hall–Kier alpha value is -3.86. The topological polar surface area (TPSA) is 56.1 Å². The quantitative estimate of drug-likeness (QED) is 0.489. The molecule has 1 amide bonds. The van der Waals surface area contributed by atoms with Gasteiger partial charge in [0.05, 0.1) is 13.7 Å². The van der Waals surface area contributed by atoms with Crippen molar-refractivity contribution < 1.29 is 9.53 Å². The molecular weight excluding hydrogens is 362 g/mol. The van der Waals surface area contributed by atoms with Crippen LogP contribution in [0.3, 0.4) is 0 Å². The molecule has 5 nitrogen and oxygen atoms in total. The minimum Gasteiger partial charge on any atom is -0.497 e. The molecule has 0 saturated carbocycles. The number of ether oxygens (including phenoxy) is 1. The Kier molecular flexibility index (Phi) is 5.38. The lowest BCUT2D eigenvalue weighted by Gasteiger charge is -2.06. The number of fused-ring (bicyclic) bond motifs is 1. The lowest BCUT2D eigenvalue weighted by atomic mass is 10.0. The molecule has 0 aliphatic rings. The van der Waals surface area contributed by atoms with Crippen LogP contribution in [0.25, 0.3) is 16.8 Å². The zero-order valence-corrected chi connectivity index (χ0v) is 16.1. The average molecular weight is 383 g/mol. The van der Waals surface area contributed by atoms with E-state index in [2.05, 4.69) is 34.7 Å². The van der Waals surface area contributed by atoms with E-state index in [-0.39, 0.29) is 5.91 Å². The first-order valence-corrected chi connectivity index (χ1v) is 9.34. The fourth-order valence-corrected chi connectivity index (χ4v) is 3.18. The second-order valence-electron chi connectivity index (χ2n) is 6.63. The molecule has 4 aromatic rings. The van der Waals surface area contributed by atoms with E-state index >= 15 is 0 Å². The van der Waals surface area contributed by atoms with Gasteiger partial charge in [0.25, 0.3) is 0 Å². The zero-order valence-electron chi connectivity index (χ0n) is 16.1. The van der Waals surface area contributed by atoms with Gasteiger partial charge in [0.1, 0.15) is 5.75 Å². The predicted octanol–water partition coefficient (Wildman–Crippen LogP) is 4.75. The minimum absolute atomic E-state index is 0.226. The molecule has 0 aliphatic heterocycles. The van der Waals surface area contributed by atoms with Crippen molar-refractivity contribution in [2.45, 2.75) is 6.54 Å². The minimum atomic E-state index is -0.226. The maximum atomic E-state index is 12.2. The number of methoxy groups -OCH3 is 1. The van der Waals surface area contributed by atoms with Crippen LogP contribution in [-0.2, 0) is 11.3 Å². The largest absolute Gasteiger partial charge is 0.497 e. The first-order chi connectivity index (χ1) is 14.2. The van der Waals surface area contributed by atoms with Crippen LogP contribution >= 0.6 is 0 Å². The van der Waals surface area contributed by atoms with Crippen LogP contribution in [0.15, 0.2) is 85.1 Å². The number of rotatable bonds is 6. The van der Waals surface area contributed by atoms with Crippen molar-refractivity contribution >= 4 is 28.6 Å². The van der Waals surface area contributed by atoms with E-state index in [1.165, 1.54) is 22.4 Å². The van der Waals surface area contributed by atoms with Gasteiger partial charge in [-0.2, -0.15) is 5.10 Å². The van der Waals surface area contributed by atoms with Gasteiger partial charge in [-0.15, -0.1) is 0 Å². The molecule has 0 saturated heterocycles. The van der Waals surface area contributed by atoms with Crippen molar-refractivity contribution in [3.8, 4) is 5.75 Å². The highest BCUT2D eigenvalue weighted by Crippen LogP contribution is 2.19. The molecule has 4 rings (SSSR count). The molecule has 1 aromatic heterocycles. The van der Waals surface area contributed by atoms with Crippen molar-refractivity contribution in [2.24, 2.45) is 0 Å². The summed E-state index contributed by atoms with van der Waals surface area (Å²) in [5.74, 6) is 1.08. The normalized spacial score (nSPS) is 11.1. The number of anilines is 1. The molecular formula is C24H21N3O2. The van der Waals surface area contributed by atoms with Crippen LogP contribution in [0.2, 0.25) is 0 Å². The molecule has 0 spiro atoms. The van der Waals surface area contributed by atoms with Gasteiger partial charge in [-0.1, -0.05) is 54.6 Å². The first-order valence-electron chi connectivity index (χ1n) is 9.34. The zero-order chi connectivity index (χ0) is 20.1. The number of hydrogen-bond donors (Lipinski definition) is 1. The molecule has 1 heterocycles. The van der Waals surface area contributed by atoms with Crippen LogP contribution in [-0.4, -0.2) is 22.8 Å². The number of carbonyl (C=O) groups excluding carboxylic acids is 1. The third-order valence-electron chi connectivity index (χ3n) is 4.65. The highest BCUT2D eigenvalue weighted by atomic mass is 16.5. The van der Waals surface area contributed by atoms with Gasteiger partial charge in [0.2, 0.25) is 5.91 Å². The molecule has 0 fully saturated rings. The summed E-state index contributed by atoms with van der Waals surface area (Å²) in [6.45, 7) is 0.638. The SMILES string of the molecule is COc1ccc(/C=C/C(=O)Nc2ccn(Cc3cccc4ccccc34)n2)cc1. The molecule has 0 unspecified atom stereocenters. The predicted molar refractivity (Wildman–Crippen MR) is 116 cm³/mol. The van der Waals surface area contributed by atoms with E-state index in [0.29, 0.717) is 12.4 Å². The molecule has 1 N–H and O–H groups in total. The Balaban J connectivity index is 1.41.